The van der Waals surface area contributed by atoms with Crippen LogP contribution in [-0.2, 0) is 0 Å². The van der Waals surface area contributed by atoms with Crippen LogP contribution in [0.5, 0.6) is 11.5 Å². The van der Waals surface area contributed by atoms with Crippen LogP contribution in [0.15, 0.2) is 36.7 Å². The number of hydrogen-bond acceptors (Lipinski definition) is 3. The van der Waals surface area contributed by atoms with E-state index in [-0.39, 0.29) is 0 Å². The molecule has 1 heterocycles. The minimum Gasteiger partial charge on any atom is -0.455 e. The zero-order valence-corrected chi connectivity index (χ0v) is 11.0. The Morgan fingerprint density at radius 2 is 2.06 bits per heavy atom. The molecule has 2 rings (SSSR count). The van der Waals surface area contributed by atoms with E-state index in [1.165, 1.54) is 5.56 Å². The molecular formula is C15H18N2O. The van der Waals surface area contributed by atoms with Crippen molar-refractivity contribution in [2.24, 2.45) is 0 Å². The molecule has 0 aliphatic rings. The number of aryl methyl sites for hydroxylation is 1. The molecule has 1 aromatic heterocycles. The van der Waals surface area contributed by atoms with Crippen molar-refractivity contribution >= 4 is 5.69 Å². The third-order valence-electron chi connectivity index (χ3n) is 2.88. The molecule has 0 saturated heterocycles. The van der Waals surface area contributed by atoms with Crippen molar-refractivity contribution in [3.63, 3.8) is 0 Å². The molecule has 0 bridgehead atoms. The Kier molecular flexibility index (Phi) is 3.82. The van der Waals surface area contributed by atoms with Crippen LogP contribution < -0.4 is 10.1 Å². The molecule has 1 aromatic carbocycles. The molecule has 18 heavy (non-hydrogen) atoms. The molecule has 0 amide bonds. The minimum absolute atomic E-state index is 0.752. The predicted molar refractivity (Wildman–Crippen MR) is 74.4 cm³/mol. The summed E-state index contributed by atoms with van der Waals surface area (Å²) in [5, 5.41) is 3.22. The van der Waals surface area contributed by atoms with E-state index in [1.807, 2.05) is 18.2 Å². The van der Waals surface area contributed by atoms with Crippen LogP contribution >= 0.6 is 0 Å². The maximum Gasteiger partial charge on any atom is 0.147 e. The number of ether oxygens (including phenoxy) is 1. The Balaban J connectivity index is 2.23. The van der Waals surface area contributed by atoms with Crippen LogP contribution in [0.4, 0.5) is 5.69 Å². The van der Waals surface area contributed by atoms with E-state index in [9.17, 15) is 0 Å². The lowest BCUT2D eigenvalue weighted by Gasteiger charge is -2.11. The van der Waals surface area contributed by atoms with E-state index in [4.69, 9.17) is 4.74 Å². The highest BCUT2D eigenvalue weighted by atomic mass is 16.5. The number of anilines is 1. The van der Waals surface area contributed by atoms with Gasteiger partial charge in [0.2, 0.25) is 0 Å². The van der Waals surface area contributed by atoms with Crippen molar-refractivity contribution in [2.45, 2.75) is 20.8 Å². The SMILES string of the molecule is CCNc1cncc(Oc2cccc(C)c2C)c1. The van der Waals surface area contributed by atoms with Crippen LogP contribution in [0.2, 0.25) is 0 Å². The van der Waals surface area contributed by atoms with Gasteiger partial charge in [-0.15, -0.1) is 0 Å². The molecule has 0 fully saturated rings. The van der Waals surface area contributed by atoms with Gasteiger partial charge in [-0.05, 0) is 38.0 Å². The van der Waals surface area contributed by atoms with Gasteiger partial charge >= 0.3 is 0 Å². The van der Waals surface area contributed by atoms with Crippen molar-refractivity contribution < 1.29 is 4.74 Å². The normalized spacial score (nSPS) is 10.2. The van der Waals surface area contributed by atoms with Crippen molar-refractivity contribution in [1.29, 1.82) is 0 Å². The van der Waals surface area contributed by atoms with Gasteiger partial charge in [0.15, 0.2) is 0 Å². The summed E-state index contributed by atoms with van der Waals surface area (Å²) in [6.07, 6.45) is 3.52. The fourth-order valence-corrected chi connectivity index (χ4v) is 1.74. The second kappa shape index (κ2) is 5.54. The maximum atomic E-state index is 5.87. The Morgan fingerprint density at radius 3 is 2.83 bits per heavy atom. The van der Waals surface area contributed by atoms with E-state index < -0.39 is 0 Å². The first kappa shape index (κ1) is 12.4. The third-order valence-corrected chi connectivity index (χ3v) is 2.88. The average Bonchev–Trinajstić information content (AvgIpc) is 2.36. The maximum absolute atomic E-state index is 5.87. The van der Waals surface area contributed by atoms with E-state index in [1.54, 1.807) is 12.4 Å². The molecule has 0 spiro atoms. The lowest BCUT2D eigenvalue weighted by molar-refractivity contribution is 0.476. The van der Waals surface area contributed by atoms with Gasteiger partial charge in [0.05, 0.1) is 18.1 Å². The smallest absolute Gasteiger partial charge is 0.147 e. The van der Waals surface area contributed by atoms with Gasteiger partial charge in [0, 0.05) is 12.6 Å². The molecule has 0 saturated carbocycles. The molecule has 94 valence electrons. The number of nitrogens with zero attached hydrogens (tertiary/aromatic N) is 1. The summed E-state index contributed by atoms with van der Waals surface area (Å²) in [6, 6.07) is 8.01. The summed E-state index contributed by atoms with van der Waals surface area (Å²) in [6.45, 7) is 7.06. The van der Waals surface area contributed by atoms with Crippen LogP contribution in [-0.4, -0.2) is 11.5 Å². The number of nitrogens with one attached hydrogen (secondary N) is 1. The molecule has 3 nitrogen and oxygen atoms in total. The van der Waals surface area contributed by atoms with Crippen LogP contribution in [0.3, 0.4) is 0 Å². The van der Waals surface area contributed by atoms with Crippen molar-refractivity contribution in [3.05, 3.63) is 47.8 Å². The quantitative estimate of drug-likeness (QED) is 0.882. The summed E-state index contributed by atoms with van der Waals surface area (Å²) in [7, 11) is 0. The number of aromatic nitrogens is 1. The first-order valence-corrected chi connectivity index (χ1v) is 6.13. The number of hydrogen-bond donors (Lipinski definition) is 1. The number of benzene rings is 1. The zero-order valence-electron chi connectivity index (χ0n) is 11.0. The van der Waals surface area contributed by atoms with Gasteiger partial charge < -0.3 is 10.1 Å². The first-order valence-electron chi connectivity index (χ1n) is 6.13. The Morgan fingerprint density at radius 1 is 1.22 bits per heavy atom. The molecule has 2 aromatic rings. The highest BCUT2D eigenvalue weighted by Gasteiger charge is 2.04. The van der Waals surface area contributed by atoms with E-state index in [0.29, 0.717) is 0 Å². The van der Waals surface area contributed by atoms with Crippen LogP contribution in [0.25, 0.3) is 0 Å². The zero-order chi connectivity index (χ0) is 13.0. The Hall–Kier alpha value is -2.03. The lowest BCUT2D eigenvalue weighted by atomic mass is 10.1. The predicted octanol–water partition coefficient (Wildman–Crippen LogP) is 3.92. The van der Waals surface area contributed by atoms with Gasteiger partial charge in [-0.2, -0.15) is 0 Å². The van der Waals surface area contributed by atoms with Gasteiger partial charge in [-0.1, -0.05) is 12.1 Å². The van der Waals surface area contributed by atoms with E-state index in [2.05, 4.69) is 37.1 Å². The summed E-state index contributed by atoms with van der Waals surface area (Å²) < 4.78 is 5.87. The lowest BCUT2D eigenvalue weighted by Crippen LogP contribution is -1.97. The molecule has 1 N–H and O–H groups in total. The summed E-state index contributed by atoms with van der Waals surface area (Å²) in [5.74, 6) is 1.63. The topological polar surface area (TPSA) is 34.2 Å². The number of rotatable bonds is 4. The van der Waals surface area contributed by atoms with Crippen molar-refractivity contribution in [1.82, 2.24) is 4.98 Å². The van der Waals surface area contributed by atoms with Crippen LogP contribution in [0, 0.1) is 13.8 Å². The molecule has 3 heteroatoms. The largest absolute Gasteiger partial charge is 0.455 e. The molecule has 0 atom stereocenters. The third kappa shape index (κ3) is 2.80. The minimum atomic E-state index is 0.752. The summed E-state index contributed by atoms with van der Waals surface area (Å²) in [4.78, 5) is 4.16. The summed E-state index contributed by atoms with van der Waals surface area (Å²) >= 11 is 0. The molecule has 0 aliphatic heterocycles. The second-order valence-electron chi connectivity index (χ2n) is 4.24. The Bertz CT molecular complexity index is 538. The average molecular weight is 242 g/mol. The van der Waals surface area contributed by atoms with E-state index >= 15 is 0 Å². The number of pyridine rings is 1. The molecule has 0 unspecified atom stereocenters. The second-order valence-corrected chi connectivity index (χ2v) is 4.24. The van der Waals surface area contributed by atoms with E-state index in [0.717, 1.165) is 29.3 Å². The highest BCUT2D eigenvalue weighted by Crippen LogP contribution is 2.27. The monoisotopic (exact) mass is 242 g/mol. The van der Waals surface area contributed by atoms with Gasteiger partial charge in [-0.3, -0.25) is 4.98 Å². The van der Waals surface area contributed by atoms with Gasteiger partial charge in [0.25, 0.3) is 0 Å². The standard InChI is InChI=1S/C15H18N2O/c1-4-17-13-8-14(10-16-9-13)18-15-7-5-6-11(2)12(15)3/h5-10,17H,4H2,1-3H3. The molecule has 0 aliphatic carbocycles. The fraction of sp³-hybridized carbons (Fsp3) is 0.267. The summed E-state index contributed by atoms with van der Waals surface area (Å²) in [5.41, 5.74) is 3.36. The Labute approximate surface area is 108 Å². The highest BCUT2D eigenvalue weighted by molar-refractivity contribution is 5.47. The van der Waals surface area contributed by atoms with Crippen LogP contribution in [0.1, 0.15) is 18.1 Å². The van der Waals surface area contributed by atoms with Crippen molar-refractivity contribution in [3.8, 4) is 11.5 Å². The molecule has 0 radical (unpaired) electrons. The molecular weight excluding hydrogens is 224 g/mol. The van der Waals surface area contributed by atoms with Crippen molar-refractivity contribution in [2.75, 3.05) is 11.9 Å². The van der Waals surface area contributed by atoms with Gasteiger partial charge in [0.1, 0.15) is 11.5 Å². The first-order chi connectivity index (χ1) is 8.70. The fourth-order valence-electron chi connectivity index (χ4n) is 1.74. The van der Waals surface area contributed by atoms with Gasteiger partial charge in [-0.25, -0.2) is 0 Å².